The second-order valence-corrected chi connectivity index (χ2v) is 2.21. The zero-order valence-electron chi connectivity index (χ0n) is 9.54. The molecule has 0 fully saturated rings. The molecule has 0 N–H and O–H groups in total. The molecule has 0 aliphatic carbocycles. The van der Waals surface area contributed by atoms with Gasteiger partial charge in [0.05, 0.1) is 7.11 Å². The summed E-state index contributed by atoms with van der Waals surface area (Å²) in [5, 5.41) is 0. The van der Waals surface area contributed by atoms with Gasteiger partial charge in [-0.2, -0.15) is 18.2 Å². The van der Waals surface area contributed by atoms with Crippen molar-refractivity contribution < 1.29 is 28.3 Å². The number of ether oxygens (including phenoxy) is 2. The van der Waals surface area contributed by atoms with Crippen molar-refractivity contribution in [2.24, 2.45) is 0 Å². The van der Waals surface area contributed by atoms with E-state index in [9.17, 15) is 0 Å². The van der Waals surface area contributed by atoms with Crippen LogP contribution in [0.1, 0.15) is 13.8 Å². The van der Waals surface area contributed by atoms with Crippen molar-refractivity contribution in [3.63, 3.8) is 0 Å². The maximum absolute atomic E-state index is 4.86. The van der Waals surface area contributed by atoms with Crippen molar-refractivity contribution in [1.29, 1.82) is 0 Å². The topological polar surface area (TPSA) is 18.5 Å². The molecule has 0 aliphatic rings. The molecule has 0 aromatic heterocycles. The average Bonchev–Trinajstić information content (AvgIpc) is 2.21. The maximum Gasteiger partial charge on any atom is 1.00 e. The molecule has 0 heterocycles. The molecule has 1 aromatic carbocycles. The van der Waals surface area contributed by atoms with Crippen molar-refractivity contribution in [1.82, 2.24) is 0 Å². The monoisotopic (exact) mass is 188 g/mol. The van der Waals surface area contributed by atoms with Gasteiger partial charge in [0.2, 0.25) is 0 Å². The van der Waals surface area contributed by atoms with E-state index in [2.05, 4.69) is 6.07 Å². The van der Waals surface area contributed by atoms with Gasteiger partial charge >= 0.3 is 18.9 Å². The predicted octanol–water partition coefficient (Wildman–Crippen LogP) is -0.458. The standard InChI is InChI=1S/C7H7O.C4H10O.Li/c1-8-7-5-3-2-4-6-7;1-3-5-4-2;/h2-5H,1H3;3-4H2,1-2H3;/q-1;;+1. The Hall–Kier alpha value is -0.423. The van der Waals surface area contributed by atoms with E-state index >= 15 is 0 Å². The van der Waals surface area contributed by atoms with Gasteiger partial charge < -0.3 is 9.47 Å². The Morgan fingerprint density at radius 2 is 1.86 bits per heavy atom. The Morgan fingerprint density at radius 1 is 1.21 bits per heavy atom. The summed E-state index contributed by atoms with van der Waals surface area (Å²) in [6, 6.07) is 10.4. The number of methoxy groups -OCH3 is 1. The zero-order chi connectivity index (χ0) is 9.94. The Morgan fingerprint density at radius 3 is 2.07 bits per heavy atom. The quantitative estimate of drug-likeness (QED) is 0.472. The molecule has 3 heteroatoms. The Labute approximate surface area is 98.8 Å². The minimum atomic E-state index is 0. The molecule has 0 atom stereocenters. The normalized spacial score (nSPS) is 7.93. The molecule has 0 aliphatic heterocycles. The third kappa shape index (κ3) is 9.66. The summed E-state index contributed by atoms with van der Waals surface area (Å²) >= 11 is 0. The molecule has 2 nitrogen and oxygen atoms in total. The van der Waals surface area contributed by atoms with Crippen molar-refractivity contribution >= 4 is 0 Å². The van der Waals surface area contributed by atoms with Gasteiger partial charge in [-0.25, -0.2) is 0 Å². The van der Waals surface area contributed by atoms with Crippen LogP contribution in [0.5, 0.6) is 5.75 Å². The van der Waals surface area contributed by atoms with E-state index in [4.69, 9.17) is 9.47 Å². The molecule has 0 amide bonds. The van der Waals surface area contributed by atoms with Crippen LogP contribution in [-0.4, -0.2) is 20.3 Å². The van der Waals surface area contributed by atoms with Crippen molar-refractivity contribution in [2.75, 3.05) is 20.3 Å². The first-order valence-electron chi connectivity index (χ1n) is 4.43. The zero-order valence-corrected chi connectivity index (χ0v) is 9.54. The summed E-state index contributed by atoms with van der Waals surface area (Å²) in [7, 11) is 1.63. The number of rotatable bonds is 3. The molecule has 1 aromatic rings. The van der Waals surface area contributed by atoms with Gasteiger partial charge in [0.1, 0.15) is 0 Å². The van der Waals surface area contributed by atoms with Gasteiger partial charge in [-0.1, -0.05) is 0 Å². The number of hydrogen-bond acceptors (Lipinski definition) is 2. The van der Waals surface area contributed by atoms with Crippen LogP contribution in [-0.2, 0) is 4.74 Å². The van der Waals surface area contributed by atoms with Gasteiger partial charge in [0.15, 0.2) is 0 Å². The molecule has 0 radical (unpaired) electrons. The number of hydrogen-bond donors (Lipinski definition) is 0. The molecule has 1 rings (SSSR count). The van der Waals surface area contributed by atoms with Crippen molar-refractivity contribution in [2.45, 2.75) is 13.8 Å². The van der Waals surface area contributed by atoms with E-state index in [-0.39, 0.29) is 18.9 Å². The summed E-state index contributed by atoms with van der Waals surface area (Å²) in [4.78, 5) is 0. The first kappa shape index (κ1) is 16.0. The summed E-state index contributed by atoms with van der Waals surface area (Å²) in [6.45, 7) is 5.67. The van der Waals surface area contributed by atoms with E-state index in [1.165, 1.54) is 0 Å². The summed E-state index contributed by atoms with van der Waals surface area (Å²) in [5.74, 6) is 0.785. The van der Waals surface area contributed by atoms with Crippen molar-refractivity contribution in [3.8, 4) is 5.75 Å². The van der Waals surface area contributed by atoms with Gasteiger partial charge in [0.25, 0.3) is 0 Å². The number of benzene rings is 1. The molecule has 0 saturated carbocycles. The second-order valence-electron chi connectivity index (χ2n) is 2.21. The number of para-hydroxylation sites is 1. The van der Waals surface area contributed by atoms with E-state index in [1.54, 1.807) is 7.11 Å². The first-order valence-corrected chi connectivity index (χ1v) is 4.43. The van der Waals surface area contributed by atoms with Crippen LogP contribution in [0.15, 0.2) is 24.3 Å². The van der Waals surface area contributed by atoms with Crippen molar-refractivity contribution in [3.05, 3.63) is 30.3 Å². The summed E-state index contributed by atoms with van der Waals surface area (Å²) < 4.78 is 9.69. The van der Waals surface area contributed by atoms with E-state index < -0.39 is 0 Å². The van der Waals surface area contributed by atoms with E-state index in [0.29, 0.717) is 0 Å². The maximum atomic E-state index is 4.86. The van der Waals surface area contributed by atoms with E-state index in [0.717, 1.165) is 19.0 Å². The molecule has 74 valence electrons. The van der Waals surface area contributed by atoms with Gasteiger partial charge in [-0.05, 0) is 13.8 Å². The first-order chi connectivity index (χ1) is 6.35. The molecular formula is C11H17LiO2. The van der Waals surface area contributed by atoms with Crippen LogP contribution in [0.25, 0.3) is 0 Å². The van der Waals surface area contributed by atoms with Crippen LogP contribution in [0.4, 0.5) is 0 Å². The smallest absolute Gasteiger partial charge is 0.523 e. The summed E-state index contributed by atoms with van der Waals surface area (Å²) in [5.41, 5.74) is 0. The average molecular weight is 188 g/mol. The van der Waals surface area contributed by atoms with Crippen LogP contribution >= 0.6 is 0 Å². The fourth-order valence-electron chi connectivity index (χ4n) is 0.708. The molecule has 0 spiro atoms. The van der Waals surface area contributed by atoms with Gasteiger partial charge in [-0.15, -0.1) is 12.1 Å². The molecule has 0 bridgehead atoms. The Bertz CT molecular complexity index is 188. The Kier molecular flexibility index (Phi) is 14.4. The molecular weight excluding hydrogens is 171 g/mol. The largest absolute Gasteiger partial charge is 1.00 e. The van der Waals surface area contributed by atoms with E-state index in [1.807, 2.05) is 38.1 Å². The van der Waals surface area contributed by atoms with Crippen LogP contribution in [0.3, 0.4) is 0 Å². The third-order valence-electron chi connectivity index (χ3n) is 1.31. The third-order valence-corrected chi connectivity index (χ3v) is 1.31. The molecule has 14 heavy (non-hydrogen) atoms. The van der Waals surface area contributed by atoms with Crippen LogP contribution in [0, 0.1) is 6.07 Å². The SMILES string of the molecule is CCOCC.COc1[c-]cccc1.[Li+]. The minimum absolute atomic E-state index is 0. The van der Waals surface area contributed by atoms with Gasteiger partial charge in [-0.3, -0.25) is 0 Å². The van der Waals surface area contributed by atoms with Crippen LogP contribution < -0.4 is 23.6 Å². The molecule has 0 saturated heterocycles. The second kappa shape index (κ2) is 12.6. The predicted molar refractivity (Wildman–Crippen MR) is 54.0 cm³/mol. The summed E-state index contributed by atoms with van der Waals surface area (Å²) in [6.07, 6.45) is 0. The fraction of sp³-hybridized carbons (Fsp3) is 0.455. The fourth-order valence-corrected chi connectivity index (χ4v) is 0.708. The Balaban J connectivity index is 0. The van der Waals surface area contributed by atoms with Crippen LogP contribution in [0.2, 0.25) is 0 Å². The molecule has 0 unspecified atom stereocenters. The minimum Gasteiger partial charge on any atom is -0.523 e. The van der Waals surface area contributed by atoms with Gasteiger partial charge in [0, 0.05) is 19.0 Å².